The third-order valence-electron chi connectivity index (χ3n) is 5.25. The number of carbonyl (C=O) groups excluding carboxylic acids is 1. The van der Waals surface area contributed by atoms with Gasteiger partial charge in [-0.25, -0.2) is 4.98 Å². The fraction of sp³-hybridized carbons (Fsp3) is 0.208. The lowest BCUT2D eigenvalue weighted by molar-refractivity contribution is 0.0982. The van der Waals surface area contributed by atoms with Gasteiger partial charge < -0.3 is 9.47 Å². The first-order valence-electron chi connectivity index (χ1n) is 9.81. The van der Waals surface area contributed by atoms with Crippen molar-refractivity contribution < 1.29 is 14.3 Å². The molecule has 0 bridgehead atoms. The first kappa shape index (κ1) is 20.8. The third-order valence-corrected chi connectivity index (χ3v) is 6.30. The number of aromatic nitrogens is 2. The van der Waals surface area contributed by atoms with Crippen molar-refractivity contribution in [2.24, 2.45) is 0 Å². The smallest absolute Gasteiger partial charge is 0.264 e. The van der Waals surface area contributed by atoms with Crippen LogP contribution in [0.5, 0.6) is 11.5 Å². The van der Waals surface area contributed by atoms with Crippen LogP contribution in [0.4, 0.5) is 5.13 Å². The Labute approximate surface area is 185 Å². The highest BCUT2D eigenvalue weighted by Gasteiger charge is 2.25. The van der Waals surface area contributed by atoms with E-state index in [-0.39, 0.29) is 5.91 Å². The molecule has 6 nitrogen and oxygen atoms in total. The molecule has 158 valence electrons. The van der Waals surface area contributed by atoms with Crippen LogP contribution in [0.25, 0.3) is 10.2 Å². The van der Waals surface area contributed by atoms with Crippen molar-refractivity contribution in [1.82, 2.24) is 9.97 Å². The van der Waals surface area contributed by atoms with Gasteiger partial charge in [0, 0.05) is 18.5 Å². The Balaban J connectivity index is 1.82. The number of rotatable bonds is 6. The number of fused-ring (bicyclic) bond motifs is 1. The zero-order valence-corrected chi connectivity index (χ0v) is 18.7. The minimum atomic E-state index is -0.197. The van der Waals surface area contributed by atoms with Crippen molar-refractivity contribution in [2.75, 3.05) is 19.1 Å². The summed E-state index contributed by atoms with van der Waals surface area (Å²) in [6.07, 6.45) is 3.47. The van der Waals surface area contributed by atoms with Gasteiger partial charge in [-0.2, -0.15) is 0 Å². The molecule has 2 aromatic carbocycles. The van der Waals surface area contributed by atoms with E-state index in [1.165, 1.54) is 16.9 Å². The van der Waals surface area contributed by atoms with Gasteiger partial charge in [0.2, 0.25) is 0 Å². The largest absolute Gasteiger partial charge is 0.497 e. The summed E-state index contributed by atoms with van der Waals surface area (Å²) >= 11 is 1.50. The summed E-state index contributed by atoms with van der Waals surface area (Å²) in [5.74, 6) is 0.878. The lowest BCUT2D eigenvalue weighted by Gasteiger charge is -2.21. The van der Waals surface area contributed by atoms with E-state index in [0.717, 1.165) is 21.3 Å². The predicted molar refractivity (Wildman–Crippen MR) is 123 cm³/mol. The molecule has 31 heavy (non-hydrogen) atoms. The lowest BCUT2D eigenvalue weighted by atomic mass is 10.1. The molecule has 0 unspecified atom stereocenters. The Morgan fingerprint density at radius 3 is 2.65 bits per heavy atom. The van der Waals surface area contributed by atoms with Gasteiger partial charge in [0.25, 0.3) is 5.91 Å². The van der Waals surface area contributed by atoms with Gasteiger partial charge in [0.05, 0.1) is 36.5 Å². The molecular formula is C24H23N3O3S. The molecule has 2 heterocycles. The Morgan fingerprint density at radius 2 is 1.94 bits per heavy atom. The lowest BCUT2D eigenvalue weighted by Crippen LogP contribution is -2.30. The molecule has 0 aliphatic carbocycles. The number of ether oxygens (including phenoxy) is 2. The maximum absolute atomic E-state index is 13.7. The fourth-order valence-corrected chi connectivity index (χ4v) is 4.37. The van der Waals surface area contributed by atoms with E-state index in [1.54, 1.807) is 49.7 Å². The van der Waals surface area contributed by atoms with Gasteiger partial charge in [-0.15, -0.1) is 0 Å². The molecule has 7 heteroatoms. The van der Waals surface area contributed by atoms with Crippen LogP contribution in [0.2, 0.25) is 0 Å². The first-order chi connectivity index (χ1) is 15.0. The highest BCUT2D eigenvalue weighted by Crippen LogP contribution is 2.35. The maximum Gasteiger partial charge on any atom is 0.264 e. The van der Waals surface area contributed by atoms with Crippen LogP contribution >= 0.6 is 11.3 Å². The molecule has 0 aliphatic heterocycles. The molecule has 0 saturated carbocycles. The SMILES string of the molecule is COc1ccc(C(=O)N(Cc2cccnc2)c2nc3c(C)c(C)ccc3s2)c(OC)c1. The molecule has 0 aliphatic rings. The molecule has 4 rings (SSSR count). The number of aryl methyl sites for hydroxylation is 2. The minimum absolute atomic E-state index is 0.197. The van der Waals surface area contributed by atoms with Crippen LogP contribution in [0.15, 0.2) is 54.9 Å². The second-order valence-electron chi connectivity index (χ2n) is 7.17. The van der Waals surface area contributed by atoms with Crippen molar-refractivity contribution >= 4 is 32.6 Å². The van der Waals surface area contributed by atoms with E-state index >= 15 is 0 Å². The average molecular weight is 434 g/mol. The van der Waals surface area contributed by atoms with Gasteiger partial charge in [-0.3, -0.25) is 14.7 Å². The van der Waals surface area contributed by atoms with Crippen molar-refractivity contribution in [3.05, 3.63) is 77.1 Å². The summed E-state index contributed by atoms with van der Waals surface area (Å²) in [6.45, 7) is 4.47. The quantitative estimate of drug-likeness (QED) is 0.420. The number of thiazole rings is 1. The normalized spacial score (nSPS) is 10.8. The second kappa shape index (κ2) is 8.73. The fourth-order valence-electron chi connectivity index (χ4n) is 3.35. The number of hydrogen-bond acceptors (Lipinski definition) is 6. The monoisotopic (exact) mass is 433 g/mol. The zero-order valence-electron chi connectivity index (χ0n) is 17.9. The summed E-state index contributed by atoms with van der Waals surface area (Å²) in [4.78, 5) is 24.4. The molecule has 0 radical (unpaired) electrons. The maximum atomic E-state index is 13.7. The molecule has 0 fully saturated rings. The second-order valence-corrected chi connectivity index (χ2v) is 8.18. The Kier molecular flexibility index (Phi) is 5.86. The van der Waals surface area contributed by atoms with Gasteiger partial charge in [0.1, 0.15) is 11.5 Å². The highest BCUT2D eigenvalue weighted by atomic mass is 32.1. The number of methoxy groups -OCH3 is 2. The average Bonchev–Trinajstić information content (AvgIpc) is 3.24. The summed E-state index contributed by atoms with van der Waals surface area (Å²) < 4.78 is 11.8. The Bertz CT molecular complexity index is 1240. The van der Waals surface area contributed by atoms with E-state index in [4.69, 9.17) is 14.5 Å². The number of anilines is 1. The van der Waals surface area contributed by atoms with Crippen molar-refractivity contribution in [1.29, 1.82) is 0 Å². The number of pyridine rings is 1. The highest BCUT2D eigenvalue weighted by molar-refractivity contribution is 7.22. The topological polar surface area (TPSA) is 64.5 Å². The van der Waals surface area contributed by atoms with E-state index in [9.17, 15) is 4.79 Å². The van der Waals surface area contributed by atoms with E-state index in [0.29, 0.717) is 28.7 Å². The van der Waals surface area contributed by atoms with Crippen LogP contribution in [0.3, 0.4) is 0 Å². The molecule has 4 aromatic rings. The summed E-state index contributed by atoms with van der Waals surface area (Å²) in [5.41, 5.74) is 4.57. The van der Waals surface area contributed by atoms with Crippen molar-refractivity contribution in [3.63, 3.8) is 0 Å². The zero-order chi connectivity index (χ0) is 22.0. The van der Waals surface area contributed by atoms with Crippen molar-refractivity contribution in [3.8, 4) is 11.5 Å². The molecule has 1 amide bonds. The molecule has 0 saturated heterocycles. The van der Waals surface area contributed by atoms with Gasteiger partial charge >= 0.3 is 0 Å². The van der Waals surface area contributed by atoms with Crippen LogP contribution in [0.1, 0.15) is 27.0 Å². The summed E-state index contributed by atoms with van der Waals surface area (Å²) in [7, 11) is 3.12. The summed E-state index contributed by atoms with van der Waals surface area (Å²) in [6, 6.07) is 13.1. The first-order valence-corrected chi connectivity index (χ1v) is 10.6. The third kappa shape index (κ3) is 4.09. The molecule has 0 atom stereocenters. The number of carbonyl (C=O) groups is 1. The standard InChI is InChI=1S/C24H23N3O3S/c1-15-7-10-21-22(16(15)2)26-24(31-21)27(14-17-6-5-11-25-13-17)23(28)19-9-8-18(29-3)12-20(19)30-4/h5-13H,14H2,1-4H3. The number of benzene rings is 2. The van der Waals surface area contributed by atoms with Gasteiger partial charge in [0.15, 0.2) is 5.13 Å². The number of hydrogen-bond donors (Lipinski definition) is 0. The number of amides is 1. The van der Waals surface area contributed by atoms with Crippen LogP contribution in [-0.4, -0.2) is 30.1 Å². The number of nitrogens with zero attached hydrogens (tertiary/aromatic N) is 3. The predicted octanol–water partition coefficient (Wildman–Crippen LogP) is 5.17. The Morgan fingerprint density at radius 1 is 1.10 bits per heavy atom. The summed E-state index contributed by atoms with van der Waals surface area (Å²) in [5, 5.41) is 0.635. The van der Waals surface area contributed by atoms with E-state index in [1.807, 2.05) is 12.1 Å². The molecule has 2 aromatic heterocycles. The van der Waals surface area contributed by atoms with Gasteiger partial charge in [-0.05, 0) is 54.8 Å². The van der Waals surface area contributed by atoms with Crippen LogP contribution in [0, 0.1) is 13.8 Å². The minimum Gasteiger partial charge on any atom is -0.497 e. The Hall–Kier alpha value is -3.45. The molecular weight excluding hydrogens is 410 g/mol. The van der Waals surface area contributed by atoms with E-state index < -0.39 is 0 Å². The van der Waals surface area contributed by atoms with E-state index in [2.05, 4.69) is 31.0 Å². The van der Waals surface area contributed by atoms with Crippen LogP contribution < -0.4 is 14.4 Å². The van der Waals surface area contributed by atoms with Gasteiger partial charge in [-0.1, -0.05) is 23.5 Å². The molecule has 0 spiro atoms. The molecule has 0 N–H and O–H groups in total. The van der Waals surface area contributed by atoms with Crippen LogP contribution in [-0.2, 0) is 6.54 Å². The van der Waals surface area contributed by atoms with Crippen molar-refractivity contribution in [2.45, 2.75) is 20.4 Å².